The Labute approximate surface area is 223 Å². The number of aromatic nitrogens is 3. The van der Waals surface area contributed by atoms with Gasteiger partial charge in [0.05, 0.1) is 31.0 Å². The van der Waals surface area contributed by atoms with E-state index in [4.69, 9.17) is 14.2 Å². The number of hydrogen-bond acceptors (Lipinski definition) is 7. The number of methoxy groups -OCH3 is 2. The highest BCUT2D eigenvalue weighted by molar-refractivity contribution is 5.94. The minimum Gasteiger partial charge on any atom is -0.494 e. The minimum absolute atomic E-state index is 0.0106. The second-order valence-corrected chi connectivity index (χ2v) is 9.73. The zero-order chi connectivity index (χ0) is 27.3. The third-order valence-electron chi connectivity index (χ3n) is 7.38. The molecule has 2 aromatic heterocycles. The van der Waals surface area contributed by atoms with Gasteiger partial charge < -0.3 is 24.0 Å². The molecule has 39 heavy (non-hydrogen) atoms. The van der Waals surface area contributed by atoms with Crippen LogP contribution in [-0.4, -0.2) is 84.4 Å². The van der Waals surface area contributed by atoms with Crippen LogP contribution in [0.3, 0.4) is 0 Å². The van der Waals surface area contributed by atoms with E-state index in [1.54, 1.807) is 0 Å². The minimum atomic E-state index is -0.873. The maximum atomic E-state index is 15.0. The molecule has 0 spiro atoms. The van der Waals surface area contributed by atoms with Gasteiger partial charge in [0.15, 0.2) is 29.2 Å². The first-order valence-electron chi connectivity index (χ1n) is 12.6. The van der Waals surface area contributed by atoms with Crippen LogP contribution in [0.15, 0.2) is 36.5 Å². The van der Waals surface area contributed by atoms with Crippen LogP contribution in [0, 0.1) is 11.6 Å². The Hall–Kier alpha value is -4.25. The van der Waals surface area contributed by atoms with Gasteiger partial charge in [0.25, 0.3) is 5.91 Å². The number of aromatic amines is 1. The van der Waals surface area contributed by atoms with Gasteiger partial charge in [-0.05, 0) is 36.9 Å². The zero-order valence-corrected chi connectivity index (χ0v) is 21.8. The van der Waals surface area contributed by atoms with E-state index in [1.165, 1.54) is 26.5 Å². The Morgan fingerprint density at radius 2 is 1.77 bits per heavy atom. The number of pyridine rings is 1. The number of nitrogens with zero attached hydrogens (tertiary/aromatic N) is 4. The zero-order valence-electron chi connectivity index (χ0n) is 21.8. The number of fused-ring (bicyclic) bond motifs is 2. The maximum absolute atomic E-state index is 15.0. The average Bonchev–Trinajstić information content (AvgIpc) is 3.57. The first kappa shape index (κ1) is 25.1. The number of H-pyrrole nitrogens is 1. The summed E-state index contributed by atoms with van der Waals surface area (Å²) in [7, 11) is 4.64. The second kappa shape index (κ2) is 9.81. The molecule has 1 saturated heterocycles. The largest absolute Gasteiger partial charge is 0.494 e. The summed E-state index contributed by atoms with van der Waals surface area (Å²) in [5, 5.41) is 8.07. The van der Waals surface area contributed by atoms with Gasteiger partial charge in [0.1, 0.15) is 11.4 Å². The fourth-order valence-corrected chi connectivity index (χ4v) is 5.14. The van der Waals surface area contributed by atoms with Crippen molar-refractivity contribution in [2.45, 2.75) is 12.5 Å². The standard InChI is InChI=1S/C28H27F2N5O4/c1-34-6-8-35(9-7-34)28(36)23-11-16-10-15(4-5-20(16)39-23)27-17-14-31-19(12-18(17)32-33-27)24-25(29)21(37-2)13-22(38-3)26(24)30/h4-5,10,12-14,23H,6-9,11H2,1-3H3,(H,32,33). The molecule has 6 rings (SSSR count). The molecule has 202 valence electrons. The molecule has 1 unspecified atom stereocenters. The fraction of sp³-hybridized carbons (Fsp3) is 0.321. The molecule has 0 bridgehead atoms. The van der Waals surface area contributed by atoms with Crippen molar-refractivity contribution in [1.29, 1.82) is 0 Å². The lowest BCUT2D eigenvalue weighted by molar-refractivity contribution is -0.139. The monoisotopic (exact) mass is 535 g/mol. The Bertz CT molecular complexity index is 1550. The summed E-state index contributed by atoms with van der Waals surface area (Å²) in [5.41, 5.74) is 2.63. The van der Waals surface area contributed by atoms with E-state index < -0.39 is 17.7 Å². The summed E-state index contributed by atoms with van der Waals surface area (Å²) >= 11 is 0. The topological polar surface area (TPSA) is 92.8 Å². The molecular formula is C28H27F2N5O4. The van der Waals surface area contributed by atoms with Crippen LogP contribution < -0.4 is 14.2 Å². The molecule has 1 atom stereocenters. The van der Waals surface area contributed by atoms with Crippen molar-refractivity contribution >= 4 is 16.8 Å². The molecule has 1 N–H and O–H groups in total. The molecule has 2 aliphatic rings. The van der Waals surface area contributed by atoms with Gasteiger partial charge in [0.2, 0.25) is 0 Å². The highest BCUT2D eigenvalue weighted by Crippen LogP contribution is 2.39. The average molecular weight is 536 g/mol. The molecule has 2 aliphatic heterocycles. The van der Waals surface area contributed by atoms with E-state index in [9.17, 15) is 4.79 Å². The van der Waals surface area contributed by atoms with Crippen molar-refractivity contribution in [3.05, 3.63) is 53.7 Å². The van der Waals surface area contributed by atoms with Crippen molar-refractivity contribution in [3.8, 4) is 39.8 Å². The summed E-state index contributed by atoms with van der Waals surface area (Å²) < 4.78 is 46.1. The highest BCUT2D eigenvalue weighted by Gasteiger charge is 2.34. The van der Waals surface area contributed by atoms with Crippen LogP contribution in [0.1, 0.15) is 5.56 Å². The van der Waals surface area contributed by atoms with Gasteiger partial charge in [-0.15, -0.1) is 0 Å². The van der Waals surface area contributed by atoms with Crippen molar-refractivity contribution in [2.75, 3.05) is 47.4 Å². The molecule has 2 aromatic carbocycles. The van der Waals surface area contributed by atoms with Crippen LogP contribution in [0.2, 0.25) is 0 Å². The first-order chi connectivity index (χ1) is 18.9. The highest BCUT2D eigenvalue weighted by atomic mass is 19.1. The molecule has 4 heterocycles. The van der Waals surface area contributed by atoms with Crippen LogP contribution in [0.4, 0.5) is 8.78 Å². The molecule has 1 fully saturated rings. The molecule has 0 radical (unpaired) electrons. The van der Waals surface area contributed by atoms with Crippen molar-refractivity contribution < 1.29 is 27.8 Å². The SMILES string of the molecule is COc1cc(OC)c(F)c(-c2cc3[nH]nc(-c4ccc5c(c4)CC(C(=O)N4CCN(C)CC4)O5)c3cn2)c1F. The number of piperazine rings is 1. The Balaban J connectivity index is 1.28. The predicted molar refractivity (Wildman–Crippen MR) is 140 cm³/mol. The quantitative estimate of drug-likeness (QED) is 0.417. The Morgan fingerprint density at radius 1 is 1.05 bits per heavy atom. The predicted octanol–water partition coefficient (Wildman–Crippen LogP) is 3.66. The lowest BCUT2D eigenvalue weighted by Crippen LogP contribution is -2.51. The number of halogens is 2. The van der Waals surface area contributed by atoms with E-state index in [0.717, 1.165) is 30.3 Å². The van der Waals surface area contributed by atoms with E-state index >= 15 is 8.78 Å². The van der Waals surface area contributed by atoms with Crippen LogP contribution in [0.5, 0.6) is 17.2 Å². The second-order valence-electron chi connectivity index (χ2n) is 9.73. The normalized spacial score (nSPS) is 17.3. The number of likely N-dealkylation sites (N-methyl/N-ethyl adjacent to an activating group) is 1. The summed E-state index contributed by atoms with van der Waals surface area (Å²) in [5.74, 6) is -1.36. The lowest BCUT2D eigenvalue weighted by atomic mass is 10.0. The summed E-state index contributed by atoms with van der Waals surface area (Å²) in [6.07, 6.45) is 1.47. The van der Waals surface area contributed by atoms with Crippen molar-refractivity contribution in [3.63, 3.8) is 0 Å². The van der Waals surface area contributed by atoms with Crippen LogP contribution in [-0.2, 0) is 11.2 Å². The number of rotatable bonds is 5. The van der Waals surface area contributed by atoms with Gasteiger partial charge in [-0.3, -0.25) is 14.9 Å². The third-order valence-corrected chi connectivity index (χ3v) is 7.38. The molecule has 1 amide bonds. The summed E-state index contributed by atoms with van der Waals surface area (Å²) in [6.45, 7) is 3.09. The summed E-state index contributed by atoms with van der Waals surface area (Å²) in [6, 6.07) is 8.37. The van der Waals surface area contributed by atoms with Gasteiger partial charge in [0, 0.05) is 55.8 Å². The van der Waals surface area contributed by atoms with Crippen LogP contribution in [0.25, 0.3) is 33.4 Å². The smallest absolute Gasteiger partial charge is 0.264 e. The number of nitrogens with one attached hydrogen (secondary N) is 1. The first-order valence-corrected chi connectivity index (χ1v) is 12.6. The number of benzene rings is 2. The fourth-order valence-electron chi connectivity index (χ4n) is 5.14. The summed E-state index contributed by atoms with van der Waals surface area (Å²) in [4.78, 5) is 21.4. The number of ether oxygens (including phenoxy) is 3. The Morgan fingerprint density at radius 3 is 2.46 bits per heavy atom. The number of carbonyl (C=O) groups excluding carboxylic acids is 1. The molecule has 11 heteroatoms. The molecular weight excluding hydrogens is 508 g/mol. The van der Waals surface area contributed by atoms with Gasteiger partial charge in [-0.1, -0.05) is 0 Å². The molecule has 9 nitrogen and oxygen atoms in total. The number of carbonyl (C=O) groups is 1. The van der Waals surface area contributed by atoms with Gasteiger partial charge >= 0.3 is 0 Å². The van der Waals surface area contributed by atoms with E-state index in [1.807, 2.05) is 30.1 Å². The Kier molecular flexibility index (Phi) is 6.30. The van der Waals surface area contributed by atoms with Crippen molar-refractivity contribution in [2.24, 2.45) is 0 Å². The van der Waals surface area contributed by atoms with E-state index in [2.05, 4.69) is 20.1 Å². The lowest BCUT2D eigenvalue weighted by Gasteiger charge is -2.33. The molecule has 0 aliphatic carbocycles. The number of hydrogen-bond donors (Lipinski definition) is 1. The molecule has 0 saturated carbocycles. The van der Waals surface area contributed by atoms with Gasteiger partial charge in [-0.2, -0.15) is 5.10 Å². The van der Waals surface area contributed by atoms with Gasteiger partial charge in [-0.25, -0.2) is 8.78 Å². The van der Waals surface area contributed by atoms with Crippen molar-refractivity contribution in [1.82, 2.24) is 25.0 Å². The van der Waals surface area contributed by atoms with E-state index in [-0.39, 0.29) is 28.7 Å². The van der Waals surface area contributed by atoms with E-state index in [0.29, 0.717) is 41.9 Å². The number of amides is 1. The molecule has 4 aromatic rings. The third kappa shape index (κ3) is 4.32. The van der Waals surface area contributed by atoms with Crippen LogP contribution >= 0.6 is 0 Å². The maximum Gasteiger partial charge on any atom is 0.264 e.